The fourth-order valence-electron chi connectivity index (χ4n) is 7.08. The highest BCUT2D eigenvalue weighted by molar-refractivity contribution is 9.10. The molecule has 208 valence electrons. The monoisotopic (exact) mass is 620 g/mol. The SMILES string of the molecule is C[Si](C)(C)C#Cc1ccc(C(c2ccc[nH]2)c2ccc(C(=O)c3ccc(Br)cc3)n2B2C3CCCC2CCC3)cc1. The number of hydrogen-bond acceptors (Lipinski definition) is 1. The number of ketones is 1. The summed E-state index contributed by atoms with van der Waals surface area (Å²) in [4.78, 5) is 17.7. The molecule has 2 aliphatic heterocycles. The largest absolute Gasteiger partial charge is 0.385 e. The van der Waals surface area contributed by atoms with Crippen LogP contribution in [0.15, 0.2) is 83.5 Å². The van der Waals surface area contributed by atoms with E-state index in [0.29, 0.717) is 18.5 Å². The van der Waals surface area contributed by atoms with Crippen LogP contribution in [0.1, 0.15) is 83.0 Å². The van der Waals surface area contributed by atoms with Gasteiger partial charge in [0.1, 0.15) is 8.07 Å². The van der Waals surface area contributed by atoms with Crippen LogP contribution in [-0.4, -0.2) is 30.2 Å². The van der Waals surface area contributed by atoms with E-state index in [4.69, 9.17) is 0 Å². The number of carbonyl (C=O) groups is 1. The molecule has 2 aromatic carbocycles. The molecular formula is C35H38BBrN2OSi. The number of nitrogens with zero attached hydrogens (tertiary/aromatic N) is 1. The van der Waals surface area contributed by atoms with Crippen LogP contribution < -0.4 is 0 Å². The fraction of sp³-hybridized carbons (Fsp3) is 0.343. The summed E-state index contributed by atoms with van der Waals surface area (Å²) in [5, 5.41) is 0. The van der Waals surface area contributed by atoms with Crippen molar-refractivity contribution >= 4 is 36.6 Å². The predicted molar refractivity (Wildman–Crippen MR) is 177 cm³/mol. The molecule has 2 aliphatic rings. The number of carbonyl (C=O) groups excluding carboxylic acids is 1. The standard InChI is InChI=1S/C35H38BBrN2OSi/c1-41(2,3)24-22-25-12-14-26(15-13-25)34(31-11-6-23-38-31)32-20-21-33(35(40)27-16-18-30(37)19-17-27)39(32)36-28-7-4-8-29(36)10-5-9-28/h6,11-21,23,28-29,34,38H,4-5,7-10H2,1-3H3. The fourth-order valence-corrected chi connectivity index (χ4v) is 7.86. The number of hydrogen-bond donors (Lipinski definition) is 1. The Balaban J connectivity index is 1.49. The smallest absolute Gasteiger partial charge is 0.266 e. The molecule has 2 saturated heterocycles. The molecule has 0 radical (unpaired) electrons. The minimum atomic E-state index is -1.45. The summed E-state index contributed by atoms with van der Waals surface area (Å²) in [5.74, 6) is 4.75. The molecule has 3 nitrogen and oxygen atoms in total. The molecule has 2 fully saturated rings. The summed E-state index contributed by atoms with van der Waals surface area (Å²) in [6.45, 7) is 7.18. The predicted octanol–water partition coefficient (Wildman–Crippen LogP) is 9.17. The first-order valence-corrected chi connectivity index (χ1v) is 19.4. The number of nitrogens with one attached hydrogen (secondary N) is 1. The van der Waals surface area contributed by atoms with Crippen LogP contribution in [0.3, 0.4) is 0 Å². The van der Waals surface area contributed by atoms with E-state index in [-0.39, 0.29) is 11.7 Å². The van der Waals surface area contributed by atoms with Crippen LogP contribution in [0.2, 0.25) is 31.3 Å². The van der Waals surface area contributed by atoms with Crippen LogP contribution in [0.4, 0.5) is 0 Å². The van der Waals surface area contributed by atoms with Crippen molar-refractivity contribution in [2.24, 2.45) is 0 Å². The molecule has 0 amide bonds. The summed E-state index contributed by atoms with van der Waals surface area (Å²) < 4.78 is 3.47. The van der Waals surface area contributed by atoms with E-state index in [1.165, 1.54) is 49.8 Å². The molecule has 1 unspecified atom stereocenters. The maximum Gasteiger partial charge on any atom is 0.266 e. The molecule has 2 bridgehead atoms. The molecule has 0 spiro atoms. The van der Waals surface area contributed by atoms with E-state index >= 15 is 0 Å². The van der Waals surface area contributed by atoms with Gasteiger partial charge in [-0.25, -0.2) is 0 Å². The minimum Gasteiger partial charge on any atom is -0.385 e. The summed E-state index contributed by atoms with van der Waals surface area (Å²) in [6, 6.07) is 25.2. The van der Waals surface area contributed by atoms with Gasteiger partial charge in [0, 0.05) is 33.2 Å². The van der Waals surface area contributed by atoms with Crippen molar-refractivity contribution in [1.29, 1.82) is 0 Å². The number of fused-ring (bicyclic) bond motifs is 2. The number of halogens is 1. The summed E-state index contributed by atoms with van der Waals surface area (Å²) in [5.41, 5.74) is 9.68. The average molecular weight is 622 g/mol. The number of aromatic nitrogens is 2. The molecule has 4 heterocycles. The molecule has 4 aromatic rings. The zero-order valence-corrected chi connectivity index (χ0v) is 26.9. The van der Waals surface area contributed by atoms with Gasteiger partial charge in [-0.05, 0) is 77.9 Å². The second-order valence-electron chi connectivity index (χ2n) is 12.9. The van der Waals surface area contributed by atoms with Crippen LogP contribution in [0.25, 0.3) is 0 Å². The van der Waals surface area contributed by atoms with Crippen molar-refractivity contribution in [3.8, 4) is 11.5 Å². The number of rotatable bonds is 6. The molecule has 1 atom stereocenters. The van der Waals surface area contributed by atoms with Gasteiger partial charge < -0.3 is 9.46 Å². The van der Waals surface area contributed by atoms with Crippen LogP contribution in [0, 0.1) is 11.5 Å². The topological polar surface area (TPSA) is 37.8 Å². The van der Waals surface area contributed by atoms with Gasteiger partial charge in [0.05, 0.1) is 11.6 Å². The zero-order valence-electron chi connectivity index (χ0n) is 24.3. The quantitative estimate of drug-likeness (QED) is 0.130. The normalized spacial score (nSPS) is 19.4. The van der Waals surface area contributed by atoms with Crippen LogP contribution in [0.5, 0.6) is 0 Å². The maximum atomic E-state index is 14.1. The van der Waals surface area contributed by atoms with Crippen LogP contribution >= 0.6 is 15.9 Å². The van der Waals surface area contributed by atoms with Gasteiger partial charge in [0.2, 0.25) is 5.78 Å². The second-order valence-corrected chi connectivity index (χ2v) is 18.6. The molecule has 2 aromatic heterocycles. The number of aromatic amines is 1. The number of H-pyrrole nitrogens is 1. The van der Waals surface area contributed by atoms with E-state index in [9.17, 15) is 4.79 Å². The van der Waals surface area contributed by atoms with Crippen molar-refractivity contribution in [3.05, 3.63) is 117 Å². The molecule has 6 heteroatoms. The van der Waals surface area contributed by atoms with Crippen molar-refractivity contribution in [2.45, 2.75) is 75.7 Å². The zero-order chi connectivity index (χ0) is 28.6. The Bertz CT molecular complexity index is 1550. The Morgan fingerprint density at radius 1 is 0.927 bits per heavy atom. The van der Waals surface area contributed by atoms with Gasteiger partial charge in [0.25, 0.3) is 6.85 Å². The molecule has 0 aliphatic carbocycles. The Morgan fingerprint density at radius 2 is 1.59 bits per heavy atom. The van der Waals surface area contributed by atoms with Gasteiger partial charge in [-0.1, -0.05) is 92.1 Å². The van der Waals surface area contributed by atoms with E-state index in [0.717, 1.165) is 27.0 Å². The van der Waals surface area contributed by atoms with Gasteiger partial charge in [0.15, 0.2) is 0 Å². The van der Waals surface area contributed by atoms with Gasteiger partial charge >= 0.3 is 0 Å². The van der Waals surface area contributed by atoms with Gasteiger partial charge in [-0.2, -0.15) is 0 Å². The van der Waals surface area contributed by atoms with Crippen molar-refractivity contribution in [1.82, 2.24) is 9.46 Å². The van der Waals surface area contributed by atoms with Crippen molar-refractivity contribution < 1.29 is 4.79 Å². The van der Waals surface area contributed by atoms with Gasteiger partial charge in [-0.3, -0.25) is 4.79 Å². The Hall–Kier alpha value is -3.01. The van der Waals surface area contributed by atoms with E-state index in [1.54, 1.807) is 0 Å². The lowest BCUT2D eigenvalue weighted by Crippen LogP contribution is -2.43. The highest BCUT2D eigenvalue weighted by atomic mass is 79.9. The highest BCUT2D eigenvalue weighted by Gasteiger charge is 2.44. The molecule has 6 rings (SSSR count). The third-order valence-corrected chi connectivity index (χ3v) is 10.3. The highest BCUT2D eigenvalue weighted by Crippen LogP contribution is 2.48. The third kappa shape index (κ3) is 5.99. The maximum absolute atomic E-state index is 14.1. The first-order valence-electron chi connectivity index (χ1n) is 15.1. The second kappa shape index (κ2) is 11.7. The molecule has 0 saturated carbocycles. The van der Waals surface area contributed by atoms with Crippen molar-refractivity contribution in [3.63, 3.8) is 0 Å². The average Bonchev–Trinajstić information content (AvgIpc) is 3.63. The van der Waals surface area contributed by atoms with Crippen LogP contribution in [-0.2, 0) is 0 Å². The summed E-state index contributed by atoms with van der Waals surface area (Å²) >= 11 is 3.53. The first kappa shape index (κ1) is 28.1. The Labute approximate surface area is 254 Å². The first-order chi connectivity index (χ1) is 19.8. The lowest BCUT2D eigenvalue weighted by molar-refractivity contribution is 0.103. The van der Waals surface area contributed by atoms with E-state index in [1.807, 2.05) is 30.5 Å². The molecular weight excluding hydrogens is 583 g/mol. The molecule has 41 heavy (non-hydrogen) atoms. The lowest BCUT2D eigenvalue weighted by atomic mass is 9.34. The number of benzene rings is 2. The Morgan fingerprint density at radius 3 is 2.17 bits per heavy atom. The van der Waals surface area contributed by atoms with Crippen molar-refractivity contribution in [2.75, 3.05) is 0 Å². The summed E-state index contributed by atoms with van der Waals surface area (Å²) in [6.07, 6.45) is 9.62. The lowest BCUT2D eigenvalue weighted by Gasteiger charge is -2.42. The molecule has 1 N–H and O–H groups in total. The van der Waals surface area contributed by atoms with Gasteiger partial charge in [-0.15, -0.1) is 5.54 Å². The Kier molecular flexibility index (Phi) is 8.03. The third-order valence-electron chi connectivity index (χ3n) is 8.91. The summed E-state index contributed by atoms with van der Waals surface area (Å²) in [7, 11) is -1.45. The minimum absolute atomic E-state index is 0.00174. The van der Waals surface area contributed by atoms with E-state index < -0.39 is 8.07 Å². The van der Waals surface area contributed by atoms with E-state index in [2.05, 4.69) is 105 Å².